The van der Waals surface area contributed by atoms with E-state index in [0.29, 0.717) is 25.9 Å². The second-order valence-electron chi connectivity index (χ2n) is 8.13. The van der Waals surface area contributed by atoms with Crippen LogP contribution < -0.4 is 5.32 Å². The summed E-state index contributed by atoms with van der Waals surface area (Å²) in [6, 6.07) is 10.6. The lowest BCUT2D eigenvalue weighted by Crippen LogP contribution is -2.43. The molecule has 2 aromatic rings. The molecule has 1 fully saturated rings. The minimum atomic E-state index is -3.18. The van der Waals surface area contributed by atoms with Gasteiger partial charge in [-0.15, -0.1) is 11.3 Å². The fourth-order valence-electron chi connectivity index (χ4n) is 4.42. The molecule has 0 unspecified atom stereocenters. The molecule has 1 atom stereocenters. The largest absolute Gasteiger partial charge is 0.344 e. The summed E-state index contributed by atoms with van der Waals surface area (Å²) < 4.78 is 24.9. The lowest BCUT2D eigenvalue weighted by Gasteiger charge is -2.30. The van der Waals surface area contributed by atoms with E-state index in [-0.39, 0.29) is 17.9 Å². The van der Waals surface area contributed by atoms with E-state index in [1.165, 1.54) is 34.5 Å². The Hall–Kier alpha value is -1.70. The highest BCUT2D eigenvalue weighted by atomic mass is 32.2. The molecule has 1 aliphatic carbocycles. The SMILES string of the molecule is CS(=O)(=O)N1CCC(C(=O)N[C@@H](c2ccc3c(c2)CCCC3)c2cccs2)CC1. The minimum absolute atomic E-state index is 0.0225. The van der Waals surface area contributed by atoms with Crippen molar-refractivity contribution in [2.24, 2.45) is 5.92 Å². The van der Waals surface area contributed by atoms with Crippen molar-refractivity contribution in [3.8, 4) is 0 Å². The highest BCUT2D eigenvalue weighted by molar-refractivity contribution is 7.88. The molecule has 1 aromatic carbocycles. The third-order valence-corrected chi connectivity index (χ3v) is 8.35. The molecule has 156 valence electrons. The topological polar surface area (TPSA) is 66.5 Å². The zero-order chi connectivity index (χ0) is 20.4. The quantitative estimate of drug-likeness (QED) is 0.786. The fourth-order valence-corrected chi connectivity index (χ4v) is 6.09. The van der Waals surface area contributed by atoms with Crippen LogP contribution in [0.25, 0.3) is 0 Å². The smallest absolute Gasteiger partial charge is 0.223 e. The molecule has 1 saturated heterocycles. The first-order chi connectivity index (χ1) is 13.9. The summed E-state index contributed by atoms with van der Waals surface area (Å²) in [6.07, 6.45) is 7.11. The number of nitrogens with one attached hydrogen (secondary N) is 1. The van der Waals surface area contributed by atoms with E-state index in [0.717, 1.165) is 23.3 Å². The van der Waals surface area contributed by atoms with Gasteiger partial charge in [0.25, 0.3) is 0 Å². The lowest BCUT2D eigenvalue weighted by atomic mass is 9.88. The van der Waals surface area contributed by atoms with Gasteiger partial charge in [0.05, 0.1) is 12.3 Å². The zero-order valence-electron chi connectivity index (χ0n) is 16.8. The number of piperidine rings is 1. The number of aryl methyl sites for hydroxylation is 2. The number of sulfonamides is 1. The fraction of sp³-hybridized carbons (Fsp3) is 0.500. The number of hydrogen-bond donors (Lipinski definition) is 1. The van der Waals surface area contributed by atoms with Gasteiger partial charge in [-0.1, -0.05) is 24.3 Å². The van der Waals surface area contributed by atoms with Crippen LogP contribution in [0.1, 0.15) is 53.3 Å². The average Bonchev–Trinajstić information content (AvgIpc) is 3.25. The molecule has 4 rings (SSSR count). The van der Waals surface area contributed by atoms with Crippen LogP contribution in [0.2, 0.25) is 0 Å². The van der Waals surface area contributed by atoms with Crippen LogP contribution in [0.4, 0.5) is 0 Å². The standard InChI is InChI=1S/C22H28N2O3S2/c1-29(26,27)24-12-10-17(11-13-24)22(25)23-21(20-7-4-14-28-20)19-9-8-16-5-2-3-6-18(16)15-19/h4,7-9,14-15,17,21H,2-3,5-6,10-13H2,1H3,(H,23,25)/t21-/m0/s1. The lowest BCUT2D eigenvalue weighted by molar-refractivity contribution is -0.126. The number of rotatable bonds is 5. The van der Waals surface area contributed by atoms with Crippen molar-refractivity contribution in [2.45, 2.75) is 44.6 Å². The van der Waals surface area contributed by atoms with Gasteiger partial charge in [-0.25, -0.2) is 12.7 Å². The van der Waals surface area contributed by atoms with E-state index in [1.54, 1.807) is 11.3 Å². The van der Waals surface area contributed by atoms with Crippen LogP contribution in [0.3, 0.4) is 0 Å². The Morgan fingerprint density at radius 2 is 1.86 bits per heavy atom. The molecule has 1 N–H and O–H groups in total. The molecule has 2 heterocycles. The second-order valence-corrected chi connectivity index (χ2v) is 11.1. The van der Waals surface area contributed by atoms with Gasteiger partial charge >= 0.3 is 0 Å². The molecule has 1 aliphatic heterocycles. The first-order valence-electron chi connectivity index (χ1n) is 10.3. The molecule has 7 heteroatoms. The zero-order valence-corrected chi connectivity index (χ0v) is 18.4. The molecule has 2 aliphatic rings. The summed E-state index contributed by atoms with van der Waals surface area (Å²) in [5, 5.41) is 5.31. The predicted molar refractivity (Wildman–Crippen MR) is 117 cm³/mol. The van der Waals surface area contributed by atoms with Crippen molar-refractivity contribution in [3.63, 3.8) is 0 Å². The Kier molecular flexibility index (Phi) is 6.08. The molecule has 0 saturated carbocycles. The van der Waals surface area contributed by atoms with Crippen LogP contribution in [0.5, 0.6) is 0 Å². The number of amides is 1. The average molecular weight is 433 g/mol. The monoisotopic (exact) mass is 432 g/mol. The summed E-state index contributed by atoms with van der Waals surface area (Å²) in [5.41, 5.74) is 3.98. The van der Waals surface area contributed by atoms with Gasteiger partial charge in [0.1, 0.15) is 0 Å². The molecular weight excluding hydrogens is 404 g/mol. The molecule has 0 bridgehead atoms. The predicted octanol–water partition coefficient (Wildman–Crippen LogP) is 3.50. The maximum Gasteiger partial charge on any atom is 0.223 e. The maximum atomic E-state index is 13.0. The number of thiophene rings is 1. The first-order valence-corrected chi connectivity index (χ1v) is 13.1. The molecule has 5 nitrogen and oxygen atoms in total. The molecule has 29 heavy (non-hydrogen) atoms. The van der Waals surface area contributed by atoms with Gasteiger partial charge in [-0.2, -0.15) is 0 Å². The van der Waals surface area contributed by atoms with Crippen molar-refractivity contribution in [3.05, 3.63) is 57.3 Å². The summed E-state index contributed by atoms with van der Waals surface area (Å²) in [7, 11) is -3.18. The number of nitrogens with zero attached hydrogens (tertiary/aromatic N) is 1. The molecular formula is C22H28N2O3S2. The minimum Gasteiger partial charge on any atom is -0.344 e. The summed E-state index contributed by atoms with van der Waals surface area (Å²) in [4.78, 5) is 14.2. The Morgan fingerprint density at radius 1 is 1.14 bits per heavy atom. The third kappa shape index (κ3) is 4.73. The summed E-state index contributed by atoms with van der Waals surface area (Å²) in [6.45, 7) is 0.832. The highest BCUT2D eigenvalue weighted by Crippen LogP contribution is 2.31. The van der Waals surface area contributed by atoms with E-state index >= 15 is 0 Å². The van der Waals surface area contributed by atoms with Crippen LogP contribution >= 0.6 is 11.3 Å². The molecule has 0 spiro atoms. The second kappa shape index (κ2) is 8.58. The van der Waals surface area contributed by atoms with Crippen molar-refractivity contribution < 1.29 is 13.2 Å². The van der Waals surface area contributed by atoms with Crippen molar-refractivity contribution >= 4 is 27.3 Å². The van der Waals surface area contributed by atoms with E-state index in [1.807, 2.05) is 11.4 Å². The summed E-state index contributed by atoms with van der Waals surface area (Å²) in [5.74, 6) is -0.123. The number of carbonyl (C=O) groups excluding carboxylic acids is 1. The van der Waals surface area contributed by atoms with E-state index in [4.69, 9.17) is 0 Å². The van der Waals surface area contributed by atoms with Crippen LogP contribution in [-0.2, 0) is 27.7 Å². The summed E-state index contributed by atoms with van der Waals surface area (Å²) >= 11 is 1.65. The van der Waals surface area contributed by atoms with Gasteiger partial charge < -0.3 is 5.32 Å². The van der Waals surface area contributed by atoms with Crippen molar-refractivity contribution in [2.75, 3.05) is 19.3 Å². The molecule has 0 radical (unpaired) electrons. The van der Waals surface area contributed by atoms with Gasteiger partial charge in [0.2, 0.25) is 15.9 Å². The van der Waals surface area contributed by atoms with Crippen LogP contribution in [0.15, 0.2) is 35.7 Å². The number of fused-ring (bicyclic) bond motifs is 1. The van der Waals surface area contributed by atoms with Gasteiger partial charge in [-0.3, -0.25) is 4.79 Å². The van der Waals surface area contributed by atoms with Crippen LogP contribution in [0, 0.1) is 5.92 Å². The Bertz CT molecular complexity index is 962. The number of carbonyl (C=O) groups is 1. The van der Waals surface area contributed by atoms with E-state index in [9.17, 15) is 13.2 Å². The first kappa shape index (κ1) is 20.6. The molecule has 1 amide bonds. The normalized spacial score (nSPS) is 19.5. The molecule has 1 aromatic heterocycles. The number of hydrogen-bond acceptors (Lipinski definition) is 4. The Labute approximate surface area is 177 Å². The van der Waals surface area contributed by atoms with Crippen molar-refractivity contribution in [1.82, 2.24) is 9.62 Å². The third-order valence-electron chi connectivity index (χ3n) is 6.11. The Morgan fingerprint density at radius 3 is 2.52 bits per heavy atom. The maximum absolute atomic E-state index is 13.0. The van der Waals surface area contributed by atoms with E-state index < -0.39 is 10.0 Å². The van der Waals surface area contributed by atoms with Crippen LogP contribution in [-0.4, -0.2) is 38.0 Å². The van der Waals surface area contributed by atoms with Gasteiger partial charge in [0, 0.05) is 23.9 Å². The Balaban J connectivity index is 1.51. The number of benzene rings is 1. The van der Waals surface area contributed by atoms with Gasteiger partial charge in [0.15, 0.2) is 0 Å². The van der Waals surface area contributed by atoms with Gasteiger partial charge in [-0.05, 0) is 66.7 Å². The van der Waals surface area contributed by atoms with E-state index in [2.05, 4.69) is 29.6 Å². The highest BCUT2D eigenvalue weighted by Gasteiger charge is 2.30. The van der Waals surface area contributed by atoms with Crippen molar-refractivity contribution in [1.29, 1.82) is 0 Å².